The fourth-order valence-corrected chi connectivity index (χ4v) is 1.59. The Morgan fingerprint density at radius 1 is 1.28 bits per heavy atom. The van der Waals surface area contributed by atoms with Gasteiger partial charge in [0.15, 0.2) is 0 Å². The highest BCUT2D eigenvalue weighted by Crippen LogP contribution is 2.13. The molecular formula is C13H13N3O2. The van der Waals surface area contributed by atoms with E-state index in [1.807, 2.05) is 18.2 Å². The number of carboxylic acid groups (broad SMARTS) is 1. The van der Waals surface area contributed by atoms with Crippen molar-refractivity contribution in [3.63, 3.8) is 0 Å². The van der Waals surface area contributed by atoms with Gasteiger partial charge >= 0.3 is 5.97 Å². The van der Waals surface area contributed by atoms with Gasteiger partial charge in [-0.25, -0.2) is 4.79 Å². The Bertz CT molecular complexity index is 529. The average molecular weight is 243 g/mol. The van der Waals surface area contributed by atoms with Gasteiger partial charge in [-0.05, 0) is 18.2 Å². The number of hydrogen-bond donors (Lipinski definition) is 2. The van der Waals surface area contributed by atoms with Gasteiger partial charge < -0.3 is 10.4 Å². The molecule has 0 unspecified atom stereocenters. The number of carbonyl (C=O) groups is 1. The fourth-order valence-electron chi connectivity index (χ4n) is 1.59. The first-order valence-corrected chi connectivity index (χ1v) is 5.58. The standard InChI is InChI=1S/C13H13N3O2/c17-13(18)11-9-14-7-5-12(11)16-8-4-10-3-1-2-6-15-10/h1-3,5-7,9H,4,8H2,(H,14,16)(H,17,18). The summed E-state index contributed by atoms with van der Waals surface area (Å²) in [7, 11) is 0. The van der Waals surface area contributed by atoms with E-state index in [-0.39, 0.29) is 5.56 Å². The van der Waals surface area contributed by atoms with Crippen LogP contribution < -0.4 is 5.32 Å². The summed E-state index contributed by atoms with van der Waals surface area (Å²) in [4.78, 5) is 19.0. The molecule has 2 aromatic heterocycles. The summed E-state index contributed by atoms with van der Waals surface area (Å²) in [6.07, 6.45) is 5.38. The predicted octanol–water partition coefficient (Wildman–Crippen LogP) is 1.83. The SMILES string of the molecule is O=C(O)c1cnccc1NCCc1ccccn1. The molecule has 2 aromatic rings. The minimum atomic E-state index is -0.983. The van der Waals surface area contributed by atoms with Gasteiger partial charge in [-0.2, -0.15) is 0 Å². The van der Waals surface area contributed by atoms with Crippen molar-refractivity contribution in [3.05, 3.63) is 54.1 Å². The van der Waals surface area contributed by atoms with Crippen molar-refractivity contribution < 1.29 is 9.90 Å². The lowest BCUT2D eigenvalue weighted by Crippen LogP contribution is -2.10. The number of aromatic carboxylic acids is 1. The van der Waals surface area contributed by atoms with Crippen molar-refractivity contribution in [2.45, 2.75) is 6.42 Å². The summed E-state index contributed by atoms with van der Waals surface area (Å²) in [5.41, 5.74) is 1.72. The molecule has 5 heteroatoms. The Labute approximate surface area is 105 Å². The highest BCUT2D eigenvalue weighted by Gasteiger charge is 2.08. The second kappa shape index (κ2) is 5.77. The third-order valence-electron chi connectivity index (χ3n) is 2.47. The minimum absolute atomic E-state index is 0.179. The van der Waals surface area contributed by atoms with Crippen LogP contribution in [0.25, 0.3) is 0 Å². The van der Waals surface area contributed by atoms with E-state index in [9.17, 15) is 4.79 Å². The molecular weight excluding hydrogens is 230 g/mol. The van der Waals surface area contributed by atoms with Crippen molar-refractivity contribution in [1.29, 1.82) is 0 Å². The lowest BCUT2D eigenvalue weighted by atomic mass is 10.2. The topological polar surface area (TPSA) is 75.1 Å². The molecule has 2 N–H and O–H groups in total. The van der Waals surface area contributed by atoms with E-state index in [1.54, 1.807) is 18.5 Å². The van der Waals surface area contributed by atoms with Gasteiger partial charge in [-0.3, -0.25) is 9.97 Å². The Hall–Kier alpha value is -2.43. The summed E-state index contributed by atoms with van der Waals surface area (Å²) in [6.45, 7) is 0.626. The van der Waals surface area contributed by atoms with E-state index >= 15 is 0 Å². The normalized spacial score (nSPS) is 10.0. The van der Waals surface area contributed by atoms with Crippen LogP contribution in [0, 0.1) is 0 Å². The van der Waals surface area contributed by atoms with Gasteiger partial charge in [0.1, 0.15) is 5.56 Å². The number of nitrogens with zero attached hydrogens (tertiary/aromatic N) is 2. The average Bonchev–Trinajstić information content (AvgIpc) is 2.40. The predicted molar refractivity (Wildman–Crippen MR) is 67.6 cm³/mol. The van der Waals surface area contributed by atoms with Crippen LogP contribution in [-0.2, 0) is 6.42 Å². The maximum atomic E-state index is 11.0. The number of pyridine rings is 2. The number of hydrogen-bond acceptors (Lipinski definition) is 4. The zero-order chi connectivity index (χ0) is 12.8. The molecule has 92 valence electrons. The highest BCUT2D eigenvalue weighted by atomic mass is 16.4. The van der Waals surface area contributed by atoms with Gasteiger partial charge in [-0.1, -0.05) is 6.07 Å². The number of nitrogens with one attached hydrogen (secondary N) is 1. The molecule has 18 heavy (non-hydrogen) atoms. The van der Waals surface area contributed by atoms with Gasteiger partial charge in [-0.15, -0.1) is 0 Å². The maximum Gasteiger partial charge on any atom is 0.339 e. The van der Waals surface area contributed by atoms with Crippen molar-refractivity contribution >= 4 is 11.7 Å². The summed E-state index contributed by atoms with van der Waals surface area (Å²) in [6, 6.07) is 7.38. The molecule has 0 aliphatic carbocycles. The molecule has 2 heterocycles. The largest absolute Gasteiger partial charge is 0.478 e. The third-order valence-corrected chi connectivity index (χ3v) is 2.47. The zero-order valence-electron chi connectivity index (χ0n) is 9.71. The van der Waals surface area contributed by atoms with E-state index in [4.69, 9.17) is 5.11 Å². The van der Waals surface area contributed by atoms with Crippen LogP contribution in [-0.4, -0.2) is 27.6 Å². The summed E-state index contributed by atoms with van der Waals surface area (Å²) in [5.74, 6) is -0.983. The molecule has 0 saturated heterocycles. The second-order valence-corrected chi connectivity index (χ2v) is 3.72. The molecule has 0 bridgehead atoms. The fraction of sp³-hybridized carbons (Fsp3) is 0.154. The van der Waals surface area contributed by atoms with Crippen molar-refractivity contribution in [3.8, 4) is 0 Å². The monoisotopic (exact) mass is 243 g/mol. The Kier molecular flexibility index (Phi) is 3.86. The van der Waals surface area contributed by atoms with Crippen LogP contribution in [0.15, 0.2) is 42.9 Å². The van der Waals surface area contributed by atoms with E-state index < -0.39 is 5.97 Å². The molecule has 2 rings (SSSR count). The molecule has 0 fully saturated rings. The zero-order valence-corrected chi connectivity index (χ0v) is 9.71. The van der Waals surface area contributed by atoms with E-state index in [0.717, 1.165) is 12.1 Å². The van der Waals surface area contributed by atoms with E-state index in [2.05, 4.69) is 15.3 Å². The van der Waals surface area contributed by atoms with Crippen LogP contribution in [0.2, 0.25) is 0 Å². The molecule has 0 aromatic carbocycles. The quantitative estimate of drug-likeness (QED) is 0.838. The first-order chi connectivity index (χ1) is 8.77. The van der Waals surface area contributed by atoms with Gasteiger partial charge in [0.2, 0.25) is 0 Å². The maximum absolute atomic E-state index is 11.0. The van der Waals surface area contributed by atoms with Gasteiger partial charge in [0.25, 0.3) is 0 Å². The first kappa shape index (κ1) is 12.0. The number of rotatable bonds is 5. The van der Waals surface area contributed by atoms with Gasteiger partial charge in [0.05, 0.1) is 5.69 Å². The second-order valence-electron chi connectivity index (χ2n) is 3.72. The number of aromatic nitrogens is 2. The Morgan fingerprint density at radius 3 is 2.89 bits per heavy atom. The summed E-state index contributed by atoms with van der Waals surface area (Å²) < 4.78 is 0. The van der Waals surface area contributed by atoms with E-state index in [0.29, 0.717) is 12.2 Å². The molecule has 0 spiro atoms. The van der Waals surface area contributed by atoms with Crippen LogP contribution in [0.5, 0.6) is 0 Å². The Balaban J connectivity index is 1.97. The molecule has 0 aliphatic rings. The van der Waals surface area contributed by atoms with Crippen LogP contribution in [0.3, 0.4) is 0 Å². The minimum Gasteiger partial charge on any atom is -0.478 e. The van der Waals surface area contributed by atoms with Crippen molar-refractivity contribution in [1.82, 2.24) is 9.97 Å². The lowest BCUT2D eigenvalue weighted by molar-refractivity contribution is 0.0697. The third kappa shape index (κ3) is 3.04. The highest BCUT2D eigenvalue weighted by molar-refractivity contribution is 5.93. The van der Waals surface area contributed by atoms with Crippen molar-refractivity contribution in [2.75, 3.05) is 11.9 Å². The van der Waals surface area contributed by atoms with Crippen molar-refractivity contribution in [2.24, 2.45) is 0 Å². The lowest BCUT2D eigenvalue weighted by Gasteiger charge is -2.08. The summed E-state index contributed by atoms with van der Waals surface area (Å²) >= 11 is 0. The molecule has 0 radical (unpaired) electrons. The van der Waals surface area contributed by atoms with E-state index in [1.165, 1.54) is 6.20 Å². The van der Waals surface area contributed by atoms with Crippen LogP contribution >= 0.6 is 0 Å². The molecule has 0 atom stereocenters. The molecule has 0 saturated carbocycles. The molecule has 0 amide bonds. The van der Waals surface area contributed by atoms with Gasteiger partial charge in [0, 0.05) is 37.3 Å². The number of carboxylic acids is 1. The molecule has 0 aliphatic heterocycles. The smallest absolute Gasteiger partial charge is 0.339 e. The molecule has 5 nitrogen and oxygen atoms in total. The summed E-state index contributed by atoms with van der Waals surface area (Å²) in [5, 5.41) is 12.1. The van der Waals surface area contributed by atoms with Crippen LogP contribution in [0.4, 0.5) is 5.69 Å². The van der Waals surface area contributed by atoms with Crippen LogP contribution in [0.1, 0.15) is 16.1 Å². The number of anilines is 1. The Morgan fingerprint density at radius 2 is 2.17 bits per heavy atom. The first-order valence-electron chi connectivity index (χ1n) is 5.58.